The zero-order valence-electron chi connectivity index (χ0n) is 14.1. The first-order valence-electron chi connectivity index (χ1n) is 7.85. The predicted octanol–water partition coefficient (Wildman–Crippen LogP) is 4.03. The first kappa shape index (κ1) is 18.1. The van der Waals surface area contributed by atoms with E-state index in [0.717, 1.165) is 21.4 Å². The van der Waals surface area contributed by atoms with Crippen LogP contribution in [0, 0.1) is 0 Å². The number of amides is 1. The Balaban J connectivity index is 1.96. The summed E-state index contributed by atoms with van der Waals surface area (Å²) in [7, 11) is 3.22. The number of ether oxygens (including phenoxy) is 2. The molecule has 1 fully saturated rings. The average molecular weight is 423 g/mol. The van der Waals surface area contributed by atoms with Gasteiger partial charge in [0.1, 0.15) is 5.37 Å². The van der Waals surface area contributed by atoms with Gasteiger partial charge < -0.3 is 14.4 Å². The van der Waals surface area contributed by atoms with Crippen molar-refractivity contribution in [2.45, 2.75) is 18.3 Å². The summed E-state index contributed by atoms with van der Waals surface area (Å²) in [5.74, 6) is 2.26. The normalized spacial score (nSPS) is 17.5. The summed E-state index contributed by atoms with van der Waals surface area (Å²) in [6.07, 6.45) is 4.08. The lowest BCUT2D eigenvalue weighted by Crippen LogP contribution is -2.36. The minimum atomic E-state index is -0.0874. The van der Waals surface area contributed by atoms with Gasteiger partial charge in [-0.15, -0.1) is 11.8 Å². The highest BCUT2D eigenvalue weighted by molar-refractivity contribution is 9.10. The van der Waals surface area contributed by atoms with E-state index in [1.54, 1.807) is 38.4 Å². The molecule has 1 aromatic carbocycles. The number of carbonyl (C=O) groups is 1. The van der Waals surface area contributed by atoms with Crippen LogP contribution < -0.4 is 9.47 Å². The largest absolute Gasteiger partial charge is 0.493 e. The zero-order chi connectivity index (χ0) is 17.8. The van der Waals surface area contributed by atoms with Crippen LogP contribution in [0.1, 0.15) is 22.9 Å². The first-order chi connectivity index (χ1) is 12.1. The Kier molecular flexibility index (Phi) is 5.86. The Morgan fingerprint density at radius 3 is 2.76 bits per heavy atom. The SMILES string of the molecule is COc1cc(Br)c(C2SCCC(=O)N2Cc2cccnc2)cc1OC. The van der Waals surface area contributed by atoms with Crippen LogP contribution in [0.5, 0.6) is 11.5 Å². The van der Waals surface area contributed by atoms with Crippen LogP contribution in [0.15, 0.2) is 41.1 Å². The van der Waals surface area contributed by atoms with Crippen molar-refractivity contribution in [1.29, 1.82) is 0 Å². The fraction of sp³-hybridized carbons (Fsp3) is 0.333. The Morgan fingerprint density at radius 1 is 1.32 bits per heavy atom. The highest BCUT2D eigenvalue weighted by atomic mass is 79.9. The van der Waals surface area contributed by atoms with E-state index in [0.29, 0.717) is 24.5 Å². The number of hydrogen-bond acceptors (Lipinski definition) is 5. The molecule has 2 heterocycles. The molecule has 132 valence electrons. The molecular weight excluding hydrogens is 404 g/mol. The minimum Gasteiger partial charge on any atom is -0.493 e. The van der Waals surface area contributed by atoms with Gasteiger partial charge in [0.25, 0.3) is 0 Å². The van der Waals surface area contributed by atoms with Gasteiger partial charge in [0, 0.05) is 41.1 Å². The van der Waals surface area contributed by atoms with Gasteiger partial charge in [0.15, 0.2) is 11.5 Å². The number of rotatable bonds is 5. The molecule has 1 saturated heterocycles. The molecule has 0 N–H and O–H groups in total. The Bertz CT molecular complexity index is 757. The molecule has 7 heteroatoms. The van der Waals surface area contributed by atoms with Crippen LogP contribution in [0.3, 0.4) is 0 Å². The number of hydrogen-bond donors (Lipinski definition) is 0. The van der Waals surface area contributed by atoms with Gasteiger partial charge in [-0.2, -0.15) is 0 Å². The molecule has 2 aromatic rings. The maximum Gasteiger partial charge on any atom is 0.224 e. The zero-order valence-corrected chi connectivity index (χ0v) is 16.5. The number of carbonyl (C=O) groups excluding carboxylic acids is 1. The predicted molar refractivity (Wildman–Crippen MR) is 102 cm³/mol. The van der Waals surface area contributed by atoms with E-state index < -0.39 is 0 Å². The number of nitrogens with zero attached hydrogens (tertiary/aromatic N) is 2. The van der Waals surface area contributed by atoms with Gasteiger partial charge in [-0.1, -0.05) is 22.0 Å². The maximum atomic E-state index is 12.6. The van der Waals surface area contributed by atoms with Crippen molar-refractivity contribution in [1.82, 2.24) is 9.88 Å². The molecule has 0 bridgehead atoms. The van der Waals surface area contributed by atoms with E-state index in [1.807, 2.05) is 29.2 Å². The van der Waals surface area contributed by atoms with E-state index in [4.69, 9.17) is 9.47 Å². The van der Waals surface area contributed by atoms with E-state index in [9.17, 15) is 4.79 Å². The summed E-state index contributed by atoms with van der Waals surface area (Å²) in [5.41, 5.74) is 2.01. The molecule has 1 aliphatic rings. The van der Waals surface area contributed by atoms with Crippen LogP contribution in [-0.4, -0.2) is 35.8 Å². The van der Waals surface area contributed by atoms with Crippen molar-refractivity contribution >= 4 is 33.6 Å². The molecule has 1 aliphatic heterocycles. The number of aromatic nitrogens is 1. The molecule has 1 atom stereocenters. The quantitative estimate of drug-likeness (QED) is 0.727. The molecule has 0 radical (unpaired) electrons. The molecule has 1 aromatic heterocycles. The molecule has 0 spiro atoms. The second-order valence-electron chi connectivity index (χ2n) is 5.58. The van der Waals surface area contributed by atoms with Gasteiger partial charge in [-0.25, -0.2) is 0 Å². The summed E-state index contributed by atoms with van der Waals surface area (Å²) in [5, 5.41) is -0.0874. The summed E-state index contributed by atoms with van der Waals surface area (Å²) in [6, 6.07) is 7.70. The van der Waals surface area contributed by atoms with E-state index in [2.05, 4.69) is 20.9 Å². The monoisotopic (exact) mass is 422 g/mol. The van der Waals surface area contributed by atoms with Crippen molar-refractivity contribution in [3.63, 3.8) is 0 Å². The molecular formula is C18H19BrN2O3S. The molecule has 25 heavy (non-hydrogen) atoms. The van der Waals surface area contributed by atoms with Crippen molar-refractivity contribution in [2.24, 2.45) is 0 Å². The maximum absolute atomic E-state index is 12.6. The van der Waals surface area contributed by atoms with Gasteiger partial charge in [0.2, 0.25) is 5.91 Å². The first-order valence-corrected chi connectivity index (χ1v) is 9.69. The second-order valence-corrected chi connectivity index (χ2v) is 7.63. The topological polar surface area (TPSA) is 51.7 Å². The highest BCUT2D eigenvalue weighted by Crippen LogP contribution is 2.44. The van der Waals surface area contributed by atoms with Gasteiger partial charge >= 0.3 is 0 Å². The van der Waals surface area contributed by atoms with Crippen LogP contribution in [0.2, 0.25) is 0 Å². The third-order valence-corrected chi connectivity index (χ3v) is 5.99. The third-order valence-electron chi connectivity index (χ3n) is 4.04. The molecule has 3 rings (SSSR count). The third kappa shape index (κ3) is 3.93. The van der Waals surface area contributed by atoms with Crippen LogP contribution in [-0.2, 0) is 11.3 Å². The van der Waals surface area contributed by atoms with E-state index in [1.165, 1.54) is 0 Å². The number of pyridine rings is 1. The van der Waals surface area contributed by atoms with Crippen molar-refractivity contribution < 1.29 is 14.3 Å². The lowest BCUT2D eigenvalue weighted by molar-refractivity contribution is -0.132. The fourth-order valence-corrected chi connectivity index (χ4v) is 4.75. The average Bonchev–Trinajstić information content (AvgIpc) is 2.64. The standard InChI is InChI=1S/C18H19BrN2O3S/c1-23-15-8-13(14(19)9-16(15)24-2)18-21(17(22)5-7-25-18)11-12-4-3-6-20-10-12/h3-4,6,8-10,18H,5,7,11H2,1-2H3. The second kappa shape index (κ2) is 8.10. The number of halogens is 1. The molecule has 1 amide bonds. The summed E-state index contributed by atoms with van der Waals surface area (Å²) >= 11 is 5.37. The van der Waals surface area contributed by atoms with Crippen LogP contribution >= 0.6 is 27.7 Å². The molecule has 0 saturated carbocycles. The number of thioether (sulfide) groups is 1. The highest BCUT2D eigenvalue weighted by Gasteiger charge is 2.32. The van der Waals surface area contributed by atoms with E-state index in [-0.39, 0.29) is 11.3 Å². The Morgan fingerprint density at radius 2 is 2.08 bits per heavy atom. The van der Waals surface area contributed by atoms with Crippen LogP contribution in [0.25, 0.3) is 0 Å². The Hall–Kier alpha value is -1.73. The van der Waals surface area contributed by atoms with Gasteiger partial charge in [0.05, 0.1) is 14.2 Å². The summed E-state index contributed by atoms with van der Waals surface area (Å²) in [4.78, 5) is 18.6. The number of methoxy groups -OCH3 is 2. The summed E-state index contributed by atoms with van der Waals surface area (Å²) in [6.45, 7) is 0.533. The number of benzene rings is 1. The lowest BCUT2D eigenvalue weighted by Gasteiger charge is -2.36. The van der Waals surface area contributed by atoms with Crippen molar-refractivity contribution in [2.75, 3.05) is 20.0 Å². The van der Waals surface area contributed by atoms with Crippen molar-refractivity contribution in [3.8, 4) is 11.5 Å². The smallest absolute Gasteiger partial charge is 0.224 e. The van der Waals surface area contributed by atoms with E-state index >= 15 is 0 Å². The molecule has 0 aliphatic carbocycles. The molecule has 1 unspecified atom stereocenters. The van der Waals surface area contributed by atoms with Crippen LogP contribution in [0.4, 0.5) is 0 Å². The fourth-order valence-electron chi connectivity index (χ4n) is 2.80. The minimum absolute atomic E-state index is 0.0874. The molecule has 5 nitrogen and oxygen atoms in total. The lowest BCUT2D eigenvalue weighted by atomic mass is 10.1. The summed E-state index contributed by atoms with van der Waals surface area (Å²) < 4.78 is 11.7. The van der Waals surface area contributed by atoms with Gasteiger partial charge in [-0.05, 0) is 23.8 Å². The Labute approximate surface area is 159 Å². The van der Waals surface area contributed by atoms with Crippen molar-refractivity contribution in [3.05, 3.63) is 52.3 Å². The van der Waals surface area contributed by atoms with Gasteiger partial charge in [-0.3, -0.25) is 9.78 Å².